The van der Waals surface area contributed by atoms with Gasteiger partial charge in [0.15, 0.2) is 0 Å². The molecule has 2 aromatic heterocycles. The molecule has 0 aliphatic carbocycles. The number of rotatable bonds is 2. The van der Waals surface area contributed by atoms with Gasteiger partial charge in [-0.1, -0.05) is 106 Å². The zero-order valence-corrected chi connectivity index (χ0v) is 29.8. The van der Waals surface area contributed by atoms with Gasteiger partial charge in [-0.05, 0) is 36.4 Å². The van der Waals surface area contributed by atoms with E-state index in [1.807, 2.05) is 48.5 Å². The van der Waals surface area contributed by atoms with Gasteiger partial charge >= 0.3 is 21.1 Å². The van der Waals surface area contributed by atoms with E-state index < -0.39 is 0 Å². The van der Waals surface area contributed by atoms with Crippen molar-refractivity contribution in [2.75, 3.05) is 0 Å². The second-order valence-corrected chi connectivity index (χ2v) is 15.4. The SMILES string of the molecule is CC(C)(C)C(=Nc1cccc2oc3ccc4oc5cccc(N=C(C(C)(C)C)C(C)(C)C)c5[n-]c4c3[n-]c12)C(C)(C)C.[Pt+2]. The van der Waals surface area contributed by atoms with Gasteiger partial charge in [0.2, 0.25) is 0 Å². The Morgan fingerprint density at radius 2 is 0.767 bits per heavy atom. The van der Waals surface area contributed by atoms with Crippen molar-refractivity contribution in [1.82, 2.24) is 9.97 Å². The van der Waals surface area contributed by atoms with Crippen LogP contribution >= 0.6 is 0 Å². The third-order valence-corrected chi connectivity index (χ3v) is 7.23. The largest absolute Gasteiger partial charge is 2.00 e. The van der Waals surface area contributed by atoms with Gasteiger partial charge < -0.3 is 18.8 Å². The van der Waals surface area contributed by atoms with Gasteiger partial charge in [-0.2, -0.15) is 0 Å². The predicted molar refractivity (Wildman–Crippen MR) is 177 cm³/mol. The van der Waals surface area contributed by atoms with Crippen LogP contribution in [0.4, 0.5) is 11.4 Å². The van der Waals surface area contributed by atoms with Crippen LogP contribution in [-0.4, -0.2) is 11.4 Å². The molecular weight excluding hydrogens is 716 g/mol. The molecule has 2 heterocycles. The van der Waals surface area contributed by atoms with Crippen molar-refractivity contribution >= 4 is 67.2 Å². The van der Waals surface area contributed by atoms with E-state index in [9.17, 15) is 0 Å². The first-order valence-electron chi connectivity index (χ1n) is 14.8. The molecule has 3 aromatic carbocycles. The molecule has 0 aliphatic rings. The molecule has 230 valence electrons. The van der Waals surface area contributed by atoms with E-state index in [-0.39, 0.29) is 42.7 Å². The van der Waals surface area contributed by atoms with E-state index in [2.05, 4.69) is 83.1 Å². The number of hydrogen-bond donors (Lipinski definition) is 0. The molecular formula is C36H44N4O2Pt. The fourth-order valence-electron chi connectivity index (χ4n) is 6.14. The minimum atomic E-state index is -0.115. The Bertz CT molecular complexity index is 1740. The second kappa shape index (κ2) is 11.1. The summed E-state index contributed by atoms with van der Waals surface area (Å²) >= 11 is 0. The standard InChI is InChI=1S/C36H44N4O2.Pt/c1-33(2,3)31(34(4,5)6)37-21-15-13-17-23-27(21)39-29-25(41-23)19-20-26-30(29)40-28-22(16-14-18-24(28)42-26)38-32(35(7,8)9)36(10,11)12;/h13-20H,1-12H3;/q-2;+2. The van der Waals surface area contributed by atoms with Crippen molar-refractivity contribution in [3.8, 4) is 0 Å². The first-order valence-corrected chi connectivity index (χ1v) is 14.8. The van der Waals surface area contributed by atoms with Gasteiger partial charge in [-0.15, -0.1) is 11.0 Å². The average molecular weight is 760 g/mol. The van der Waals surface area contributed by atoms with Crippen molar-refractivity contribution in [3.05, 3.63) is 48.5 Å². The summed E-state index contributed by atoms with van der Waals surface area (Å²) in [5.74, 6) is 0. The van der Waals surface area contributed by atoms with E-state index in [1.165, 1.54) is 0 Å². The molecule has 7 heteroatoms. The minimum Gasteiger partial charge on any atom is -0.651 e. The quantitative estimate of drug-likeness (QED) is 0.102. The van der Waals surface area contributed by atoms with Crippen molar-refractivity contribution < 1.29 is 29.9 Å². The fourth-order valence-corrected chi connectivity index (χ4v) is 6.14. The van der Waals surface area contributed by atoms with Crippen LogP contribution in [0.5, 0.6) is 0 Å². The van der Waals surface area contributed by atoms with E-state index in [0.29, 0.717) is 44.4 Å². The summed E-state index contributed by atoms with van der Waals surface area (Å²) in [6, 6.07) is 15.6. The van der Waals surface area contributed by atoms with Gasteiger partial charge in [-0.3, -0.25) is 9.98 Å². The Balaban J connectivity index is 0.00000423. The molecule has 0 spiro atoms. The molecule has 0 unspecified atom stereocenters. The van der Waals surface area contributed by atoms with E-state index in [0.717, 1.165) is 22.8 Å². The molecule has 5 aromatic rings. The molecule has 0 N–H and O–H groups in total. The summed E-state index contributed by atoms with van der Waals surface area (Å²) in [5, 5.41) is 0. The number of para-hydroxylation sites is 2. The molecule has 6 nitrogen and oxygen atoms in total. The third-order valence-electron chi connectivity index (χ3n) is 7.23. The van der Waals surface area contributed by atoms with E-state index in [4.69, 9.17) is 28.8 Å². The van der Waals surface area contributed by atoms with Crippen LogP contribution in [0.2, 0.25) is 0 Å². The van der Waals surface area contributed by atoms with Crippen LogP contribution in [0.1, 0.15) is 83.1 Å². The molecule has 0 saturated heterocycles. The van der Waals surface area contributed by atoms with Crippen LogP contribution in [0.15, 0.2) is 67.4 Å². The maximum atomic E-state index is 6.40. The van der Waals surface area contributed by atoms with E-state index in [1.54, 1.807) is 0 Å². The number of aromatic nitrogens is 2. The molecule has 0 bridgehead atoms. The molecule has 5 rings (SSSR count). The Hall–Kier alpha value is -3.11. The molecule has 0 atom stereocenters. The smallest absolute Gasteiger partial charge is 0.651 e. The first-order chi connectivity index (χ1) is 19.3. The van der Waals surface area contributed by atoms with Crippen molar-refractivity contribution in [2.24, 2.45) is 31.6 Å². The summed E-state index contributed by atoms with van der Waals surface area (Å²) in [7, 11) is 0. The van der Waals surface area contributed by atoms with Crippen molar-refractivity contribution in [3.63, 3.8) is 0 Å². The summed E-state index contributed by atoms with van der Waals surface area (Å²) < 4.78 is 12.8. The number of nitrogens with zero attached hydrogens (tertiary/aromatic N) is 4. The summed E-state index contributed by atoms with van der Waals surface area (Å²) in [6.45, 7) is 26.4. The second-order valence-electron chi connectivity index (χ2n) is 15.4. The Morgan fingerprint density at radius 1 is 0.465 bits per heavy atom. The van der Waals surface area contributed by atoms with Crippen molar-refractivity contribution in [1.29, 1.82) is 0 Å². The van der Waals surface area contributed by atoms with Crippen LogP contribution < -0.4 is 9.97 Å². The van der Waals surface area contributed by atoms with Gasteiger partial charge in [0.05, 0.1) is 11.4 Å². The van der Waals surface area contributed by atoms with Crippen LogP contribution in [0.3, 0.4) is 0 Å². The fraction of sp³-hybridized carbons (Fsp3) is 0.444. The Morgan fingerprint density at radius 3 is 1.07 bits per heavy atom. The number of benzene rings is 3. The zero-order valence-electron chi connectivity index (χ0n) is 27.5. The maximum Gasteiger partial charge on any atom is 2.00 e. The molecule has 0 aliphatic heterocycles. The van der Waals surface area contributed by atoms with E-state index >= 15 is 0 Å². The predicted octanol–water partition coefficient (Wildman–Crippen LogP) is 10.9. The molecule has 0 saturated carbocycles. The topological polar surface area (TPSA) is 79.2 Å². The third kappa shape index (κ3) is 6.55. The molecule has 43 heavy (non-hydrogen) atoms. The monoisotopic (exact) mass is 759 g/mol. The summed E-state index contributed by atoms with van der Waals surface area (Å²) in [4.78, 5) is 20.7. The zero-order chi connectivity index (χ0) is 30.8. The molecule has 0 fully saturated rings. The summed E-state index contributed by atoms with van der Waals surface area (Å²) in [5.41, 5.74) is 8.55. The maximum absolute atomic E-state index is 6.40. The Labute approximate surface area is 269 Å². The van der Waals surface area contributed by atoms with Gasteiger partial charge in [-0.25, -0.2) is 0 Å². The number of aliphatic imine (C=N–C) groups is 2. The average Bonchev–Trinajstić information content (AvgIpc) is 2.85. The normalized spacial score (nSPS) is 12.9. The van der Waals surface area contributed by atoms with Crippen LogP contribution in [-0.2, 0) is 21.1 Å². The van der Waals surface area contributed by atoms with Gasteiger partial charge in [0.25, 0.3) is 0 Å². The van der Waals surface area contributed by atoms with Gasteiger partial charge in [0, 0.05) is 33.1 Å². The number of hydrogen-bond acceptors (Lipinski definition) is 4. The first kappa shape index (κ1) is 32.8. The summed E-state index contributed by atoms with van der Waals surface area (Å²) in [6.07, 6.45) is 0. The molecule has 0 radical (unpaired) electrons. The number of fused-ring (bicyclic) bond motifs is 5. The van der Waals surface area contributed by atoms with Crippen molar-refractivity contribution in [2.45, 2.75) is 83.1 Å². The minimum absolute atomic E-state index is 0. The van der Waals surface area contributed by atoms with Gasteiger partial charge in [0.1, 0.15) is 22.3 Å². The van der Waals surface area contributed by atoms with Crippen LogP contribution in [0, 0.1) is 21.7 Å². The van der Waals surface area contributed by atoms with Crippen LogP contribution in [0.25, 0.3) is 44.4 Å². The molecule has 0 amide bonds. The Kier molecular flexibility index (Phi) is 8.47.